The Morgan fingerprint density at radius 1 is 1.27 bits per heavy atom. The van der Waals surface area contributed by atoms with E-state index in [2.05, 4.69) is 20.8 Å². The van der Waals surface area contributed by atoms with Gasteiger partial charge in [-0.1, -0.05) is 6.07 Å². The highest BCUT2D eigenvalue weighted by Crippen LogP contribution is 2.44. The van der Waals surface area contributed by atoms with Crippen LogP contribution in [0.3, 0.4) is 0 Å². The fourth-order valence-electron chi connectivity index (χ4n) is 5.43. The number of amides is 2. The molecule has 1 atom stereocenters. The van der Waals surface area contributed by atoms with E-state index in [1.54, 1.807) is 40.0 Å². The van der Waals surface area contributed by atoms with Crippen LogP contribution in [0.1, 0.15) is 46.4 Å². The van der Waals surface area contributed by atoms with E-state index in [-0.39, 0.29) is 24.4 Å². The summed E-state index contributed by atoms with van der Waals surface area (Å²) in [6.07, 6.45) is 0.631. The Morgan fingerprint density at radius 3 is 2.78 bits per heavy atom. The molecule has 3 heterocycles. The fourth-order valence-corrected chi connectivity index (χ4v) is 5.97. The van der Waals surface area contributed by atoms with Crippen LogP contribution in [0.2, 0.25) is 0 Å². The standard InChI is InChI=1S/C26H29F3N6O5S/c1-41(38,39)16-21(36)31-23-22-20(35(33-23)12-11-34-10-3-9-30-34)15-25(32-24(22)37)8-6-17-14-18(4-5-19(17)25)40-13-2-7-26(27,28)29/h3-5,9-10,14H,2,6-8,11-13,15-16H2,1H3,(H,32,37)(H,31,33,36)/t25-/m0/s1. The number of carbonyl (C=O) groups is 2. The maximum absolute atomic E-state index is 13.5. The summed E-state index contributed by atoms with van der Waals surface area (Å²) in [5.41, 5.74) is 1.81. The number of fused-ring (bicyclic) bond motifs is 3. The number of sulfone groups is 1. The minimum absolute atomic E-state index is 0.0118. The molecule has 2 amide bonds. The van der Waals surface area contributed by atoms with Crippen LogP contribution in [0.5, 0.6) is 5.75 Å². The van der Waals surface area contributed by atoms with E-state index in [1.165, 1.54) is 0 Å². The Kier molecular flexibility index (Phi) is 7.57. The molecule has 2 aliphatic rings. The second kappa shape index (κ2) is 10.8. The number of anilines is 1. The number of carbonyl (C=O) groups excluding carboxylic acids is 2. The lowest BCUT2D eigenvalue weighted by molar-refractivity contribution is -0.136. The van der Waals surface area contributed by atoms with Gasteiger partial charge in [-0.3, -0.25) is 19.0 Å². The minimum Gasteiger partial charge on any atom is -0.494 e. The summed E-state index contributed by atoms with van der Waals surface area (Å²) in [7, 11) is -3.60. The molecule has 0 bridgehead atoms. The molecule has 11 nitrogen and oxygen atoms in total. The highest BCUT2D eigenvalue weighted by Gasteiger charge is 2.46. The maximum atomic E-state index is 13.5. The third-order valence-electron chi connectivity index (χ3n) is 7.14. The summed E-state index contributed by atoms with van der Waals surface area (Å²) in [4.78, 5) is 26.0. The first-order chi connectivity index (χ1) is 19.3. The Morgan fingerprint density at radius 2 is 2.07 bits per heavy atom. The van der Waals surface area contributed by atoms with Gasteiger partial charge in [-0.05, 0) is 48.6 Å². The van der Waals surface area contributed by atoms with Gasteiger partial charge in [0.05, 0.1) is 30.9 Å². The molecule has 2 N–H and O–H groups in total. The molecular weight excluding hydrogens is 565 g/mol. The summed E-state index contributed by atoms with van der Waals surface area (Å²) in [5, 5.41) is 14.3. The second-order valence-electron chi connectivity index (χ2n) is 10.4. The summed E-state index contributed by atoms with van der Waals surface area (Å²) in [6.45, 7) is 0.720. The summed E-state index contributed by atoms with van der Waals surface area (Å²) < 4.78 is 69.4. The van der Waals surface area contributed by atoms with Gasteiger partial charge in [0.15, 0.2) is 15.7 Å². The Hall–Kier alpha value is -3.88. The zero-order valence-corrected chi connectivity index (χ0v) is 23.0. The van der Waals surface area contributed by atoms with Crippen LogP contribution in [0.15, 0.2) is 36.7 Å². The number of hydrogen-bond donors (Lipinski definition) is 2. The largest absolute Gasteiger partial charge is 0.494 e. The molecule has 15 heteroatoms. The number of aromatic nitrogens is 4. The molecule has 3 aromatic rings. The Bertz CT molecular complexity index is 1570. The van der Waals surface area contributed by atoms with Crippen LogP contribution >= 0.6 is 0 Å². The minimum atomic E-state index is -4.23. The van der Waals surface area contributed by atoms with E-state index in [0.717, 1.165) is 17.4 Å². The molecule has 1 aliphatic heterocycles. The molecule has 41 heavy (non-hydrogen) atoms. The highest BCUT2D eigenvalue weighted by molar-refractivity contribution is 7.91. The molecule has 0 fully saturated rings. The number of nitrogens with one attached hydrogen (secondary N) is 2. The van der Waals surface area contributed by atoms with Crippen molar-refractivity contribution in [2.75, 3.05) is 23.9 Å². The number of aryl methyl sites for hydroxylation is 3. The monoisotopic (exact) mass is 594 g/mol. The predicted molar refractivity (Wildman–Crippen MR) is 141 cm³/mol. The molecule has 1 spiro atoms. The SMILES string of the molecule is CS(=O)(=O)CC(=O)Nc1nn(CCn2cccn2)c2c1C(=O)N[C@@]1(CCc3cc(OCCCC(F)(F)F)ccc31)C2. The zero-order valence-electron chi connectivity index (χ0n) is 22.2. The van der Waals surface area contributed by atoms with Gasteiger partial charge >= 0.3 is 6.18 Å². The number of halogens is 3. The first-order valence-corrected chi connectivity index (χ1v) is 15.1. The lowest BCUT2D eigenvalue weighted by Crippen LogP contribution is -2.50. The van der Waals surface area contributed by atoms with Gasteiger partial charge < -0.3 is 15.4 Å². The normalized spacial score (nSPS) is 18.2. The van der Waals surface area contributed by atoms with Gasteiger partial charge in [-0.15, -0.1) is 0 Å². The quantitative estimate of drug-likeness (QED) is 0.344. The van der Waals surface area contributed by atoms with Crippen molar-refractivity contribution >= 4 is 27.5 Å². The van der Waals surface area contributed by atoms with Crippen LogP contribution in [0, 0.1) is 0 Å². The van der Waals surface area contributed by atoms with E-state index in [1.807, 2.05) is 6.07 Å². The third-order valence-corrected chi connectivity index (χ3v) is 7.93. The van der Waals surface area contributed by atoms with Crippen molar-refractivity contribution in [3.8, 4) is 5.75 Å². The number of alkyl halides is 3. The van der Waals surface area contributed by atoms with Crippen molar-refractivity contribution in [1.29, 1.82) is 0 Å². The van der Waals surface area contributed by atoms with Crippen molar-refractivity contribution in [2.45, 2.75) is 56.9 Å². The van der Waals surface area contributed by atoms with E-state index in [4.69, 9.17) is 4.74 Å². The Balaban J connectivity index is 1.40. The number of rotatable bonds is 10. The van der Waals surface area contributed by atoms with Crippen LogP contribution in [-0.4, -0.2) is 64.6 Å². The molecule has 0 radical (unpaired) electrons. The number of ether oxygens (including phenoxy) is 1. The van der Waals surface area contributed by atoms with Crippen molar-refractivity contribution in [1.82, 2.24) is 24.9 Å². The summed E-state index contributed by atoms with van der Waals surface area (Å²) in [5.74, 6) is -1.55. The van der Waals surface area contributed by atoms with Crippen LogP contribution in [0.4, 0.5) is 19.0 Å². The highest BCUT2D eigenvalue weighted by atomic mass is 32.2. The van der Waals surface area contributed by atoms with Crippen molar-refractivity contribution in [2.24, 2.45) is 0 Å². The van der Waals surface area contributed by atoms with Crippen molar-refractivity contribution < 1.29 is 35.9 Å². The molecule has 0 unspecified atom stereocenters. The molecule has 0 saturated carbocycles. The molecule has 0 saturated heterocycles. The first kappa shape index (κ1) is 28.6. The average Bonchev–Trinajstić information content (AvgIpc) is 3.58. The van der Waals surface area contributed by atoms with Gasteiger partial charge in [0.1, 0.15) is 17.1 Å². The van der Waals surface area contributed by atoms with Gasteiger partial charge in [0.25, 0.3) is 5.91 Å². The molecule has 2 aromatic heterocycles. The number of nitrogens with zero attached hydrogens (tertiary/aromatic N) is 4. The van der Waals surface area contributed by atoms with Gasteiger partial charge in [-0.2, -0.15) is 23.4 Å². The molecule has 1 aliphatic carbocycles. The third kappa shape index (κ3) is 6.55. The van der Waals surface area contributed by atoms with E-state index >= 15 is 0 Å². The fraction of sp³-hybridized carbons (Fsp3) is 0.462. The Labute approximate surface area is 234 Å². The smallest absolute Gasteiger partial charge is 0.389 e. The van der Waals surface area contributed by atoms with Crippen molar-refractivity contribution in [3.05, 3.63) is 59.0 Å². The van der Waals surface area contributed by atoms with Crippen LogP contribution in [-0.2, 0) is 46.1 Å². The lowest BCUT2D eigenvalue weighted by atomic mass is 9.82. The first-order valence-electron chi connectivity index (χ1n) is 13.0. The molecule has 1 aromatic carbocycles. The number of benzene rings is 1. The average molecular weight is 595 g/mol. The van der Waals surface area contributed by atoms with Crippen LogP contribution < -0.4 is 15.4 Å². The second-order valence-corrected chi connectivity index (χ2v) is 12.5. The van der Waals surface area contributed by atoms with Crippen molar-refractivity contribution in [3.63, 3.8) is 0 Å². The van der Waals surface area contributed by atoms with E-state index in [0.29, 0.717) is 43.8 Å². The summed E-state index contributed by atoms with van der Waals surface area (Å²) in [6, 6.07) is 7.09. The van der Waals surface area contributed by atoms with Crippen LogP contribution in [0.25, 0.3) is 0 Å². The summed E-state index contributed by atoms with van der Waals surface area (Å²) >= 11 is 0. The maximum Gasteiger partial charge on any atom is 0.389 e. The lowest BCUT2D eigenvalue weighted by Gasteiger charge is -2.36. The molecule has 5 rings (SSSR count). The van der Waals surface area contributed by atoms with Gasteiger partial charge in [0.2, 0.25) is 5.91 Å². The zero-order chi connectivity index (χ0) is 29.4. The molecule has 220 valence electrons. The predicted octanol–water partition coefficient (Wildman–Crippen LogP) is 2.61. The van der Waals surface area contributed by atoms with E-state index in [9.17, 15) is 31.2 Å². The number of hydrogen-bond acceptors (Lipinski definition) is 7. The topological polar surface area (TPSA) is 137 Å². The van der Waals surface area contributed by atoms with Gasteiger partial charge in [-0.25, -0.2) is 8.42 Å². The molecular formula is C26H29F3N6O5S. The van der Waals surface area contributed by atoms with E-state index < -0.39 is 45.5 Å². The van der Waals surface area contributed by atoms with Gasteiger partial charge in [0, 0.05) is 31.5 Å².